The Bertz CT molecular complexity index is 320. The number of rotatable bonds is 2. The number of hydrogen-bond acceptors (Lipinski definition) is 3. The predicted molar refractivity (Wildman–Crippen MR) is 73.3 cm³/mol. The van der Waals surface area contributed by atoms with E-state index in [1.165, 1.54) is 0 Å². The summed E-state index contributed by atoms with van der Waals surface area (Å²) >= 11 is 0. The van der Waals surface area contributed by atoms with Gasteiger partial charge in [0.25, 0.3) is 0 Å². The second kappa shape index (κ2) is 4.72. The summed E-state index contributed by atoms with van der Waals surface area (Å²) in [6.07, 6.45) is 1.66. The first kappa shape index (κ1) is 15.3. The summed E-state index contributed by atoms with van der Waals surface area (Å²) in [5, 5.41) is 3.05. The number of ether oxygens (including phenoxy) is 1. The number of alkyl carbamates (subject to hydrolysis) is 1. The van der Waals surface area contributed by atoms with Crippen molar-refractivity contribution in [3.8, 4) is 0 Å². The van der Waals surface area contributed by atoms with Crippen molar-refractivity contribution in [2.45, 2.75) is 65.5 Å². The molecule has 1 amide bonds. The van der Waals surface area contributed by atoms with Gasteiger partial charge in [-0.3, -0.25) is 0 Å². The van der Waals surface area contributed by atoms with Crippen LogP contribution in [0.1, 0.15) is 54.4 Å². The maximum absolute atomic E-state index is 11.9. The minimum absolute atomic E-state index is 0.0152. The van der Waals surface area contributed by atoms with E-state index in [9.17, 15) is 4.79 Å². The normalized spacial score (nSPS) is 31.2. The molecule has 4 heteroatoms. The number of amides is 1. The van der Waals surface area contributed by atoms with Crippen LogP contribution in [0, 0.1) is 11.3 Å². The lowest BCUT2D eigenvalue weighted by atomic mass is 9.71. The van der Waals surface area contributed by atoms with Crippen LogP contribution in [0.25, 0.3) is 0 Å². The van der Waals surface area contributed by atoms with E-state index in [0.717, 1.165) is 12.8 Å². The number of hydrogen-bond donors (Lipinski definition) is 2. The summed E-state index contributed by atoms with van der Waals surface area (Å²) in [7, 11) is 0. The molecular weight excluding hydrogens is 228 g/mol. The van der Waals surface area contributed by atoms with Crippen LogP contribution < -0.4 is 11.1 Å². The van der Waals surface area contributed by atoms with Crippen LogP contribution in [-0.4, -0.2) is 23.8 Å². The Morgan fingerprint density at radius 3 is 2.33 bits per heavy atom. The van der Waals surface area contributed by atoms with Crippen molar-refractivity contribution >= 4 is 6.09 Å². The first-order chi connectivity index (χ1) is 8.02. The molecule has 0 aliphatic heterocycles. The first-order valence-corrected chi connectivity index (χ1v) is 6.73. The standard InChI is InChI=1S/C14H28N2O2/c1-12(2,3)18-11(17)16-14(6)8-7-10(9-15)13(14,4)5/h10H,7-9,15H2,1-6H3,(H,16,17). The van der Waals surface area contributed by atoms with Gasteiger partial charge in [-0.05, 0) is 58.4 Å². The molecule has 0 saturated heterocycles. The lowest BCUT2D eigenvalue weighted by Crippen LogP contribution is -2.55. The van der Waals surface area contributed by atoms with Gasteiger partial charge in [-0.1, -0.05) is 13.8 Å². The molecule has 1 rings (SSSR count). The van der Waals surface area contributed by atoms with E-state index in [1.807, 2.05) is 20.8 Å². The lowest BCUT2D eigenvalue weighted by Gasteiger charge is -2.42. The first-order valence-electron chi connectivity index (χ1n) is 6.73. The van der Waals surface area contributed by atoms with Crippen LogP contribution in [0.15, 0.2) is 0 Å². The zero-order chi connectivity index (χ0) is 14.2. The number of carbonyl (C=O) groups excluding carboxylic acids is 1. The van der Waals surface area contributed by atoms with E-state index >= 15 is 0 Å². The Balaban J connectivity index is 2.74. The van der Waals surface area contributed by atoms with E-state index in [0.29, 0.717) is 12.5 Å². The molecule has 0 heterocycles. The highest BCUT2D eigenvalue weighted by Crippen LogP contribution is 2.49. The van der Waals surface area contributed by atoms with Gasteiger partial charge in [0.05, 0.1) is 0 Å². The maximum atomic E-state index is 11.9. The minimum Gasteiger partial charge on any atom is -0.444 e. The van der Waals surface area contributed by atoms with Gasteiger partial charge in [0.1, 0.15) is 5.60 Å². The van der Waals surface area contributed by atoms with Gasteiger partial charge < -0.3 is 15.8 Å². The molecule has 1 saturated carbocycles. The van der Waals surface area contributed by atoms with Gasteiger partial charge in [-0.2, -0.15) is 0 Å². The summed E-state index contributed by atoms with van der Waals surface area (Å²) in [5.74, 6) is 0.442. The fourth-order valence-corrected chi connectivity index (χ4v) is 2.76. The molecule has 0 radical (unpaired) electrons. The average Bonchev–Trinajstić information content (AvgIpc) is 2.34. The van der Waals surface area contributed by atoms with Crippen LogP contribution >= 0.6 is 0 Å². The third kappa shape index (κ3) is 2.97. The molecule has 1 fully saturated rings. The van der Waals surface area contributed by atoms with E-state index in [4.69, 9.17) is 10.5 Å². The molecule has 106 valence electrons. The molecule has 0 aromatic rings. The van der Waals surface area contributed by atoms with Crippen molar-refractivity contribution in [2.75, 3.05) is 6.54 Å². The molecule has 1 aliphatic carbocycles. The Hall–Kier alpha value is -0.770. The number of carbonyl (C=O) groups is 1. The minimum atomic E-state index is -0.462. The van der Waals surface area contributed by atoms with Crippen molar-refractivity contribution in [2.24, 2.45) is 17.1 Å². The third-order valence-corrected chi connectivity index (χ3v) is 4.50. The monoisotopic (exact) mass is 256 g/mol. The molecule has 4 nitrogen and oxygen atoms in total. The highest BCUT2D eigenvalue weighted by Gasteiger charge is 2.52. The van der Waals surface area contributed by atoms with Gasteiger partial charge in [0.2, 0.25) is 0 Å². The summed E-state index contributed by atoms with van der Waals surface area (Å²) < 4.78 is 5.35. The largest absolute Gasteiger partial charge is 0.444 e. The van der Waals surface area contributed by atoms with Gasteiger partial charge in [-0.25, -0.2) is 4.79 Å². The van der Waals surface area contributed by atoms with E-state index in [1.54, 1.807) is 0 Å². The summed E-state index contributed by atoms with van der Waals surface area (Å²) in [6.45, 7) is 12.7. The fraction of sp³-hybridized carbons (Fsp3) is 0.929. The third-order valence-electron chi connectivity index (χ3n) is 4.50. The number of nitrogens with two attached hydrogens (primary N) is 1. The molecule has 18 heavy (non-hydrogen) atoms. The fourth-order valence-electron chi connectivity index (χ4n) is 2.76. The van der Waals surface area contributed by atoms with Crippen LogP contribution in [-0.2, 0) is 4.74 Å². The molecule has 1 aliphatic rings. The van der Waals surface area contributed by atoms with Crippen molar-refractivity contribution in [3.63, 3.8) is 0 Å². The highest BCUT2D eigenvalue weighted by molar-refractivity contribution is 5.69. The van der Waals surface area contributed by atoms with Gasteiger partial charge >= 0.3 is 6.09 Å². The van der Waals surface area contributed by atoms with Crippen LogP contribution in [0.3, 0.4) is 0 Å². The molecule has 2 unspecified atom stereocenters. The zero-order valence-electron chi connectivity index (χ0n) is 12.6. The predicted octanol–water partition coefficient (Wildman–Crippen LogP) is 2.66. The maximum Gasteiger partial charge on any atom is 0.408 e. The van der Waals surface area contributed by atoms with E-state index < -0.39 is 5.60 Å². The molecule has 0 aromatic carbocycles. The molecule has 0 bridgehead atoms. The zero-order valence-corrected chi connectivity index (χ0v) is 12.6. The van der Waals surface area contributed by atoms with Gasteiger partial charge in [0, 0.05) is 5.54 Å². The molecule has 0 spiro atoms. The SMILES string of the molecule is CC(C)(C)OC(=O)NC1(C)CCC(CN)C1(C)C. The van der Waals surface area contributed by atoms with Crippen LogP contribution in [0.4, 0.5) is 4.79 Å². The lowest BCUT2D eigenvalue weighted by molar-refractivity contribution is 0.0354. The smallest absolute Gasteiger partial charge is 0.408 e. The molecule has 2 atom stereocenters. The van der Waals surface area contributed by atoms with Crippen molar-refractivity contribution in [3.05, 3.63) is 0 Å². The molecule has 3 N–H and O–H groups in total. The van der Waals surface area contributed by atoms with Crippen LogP contribution in [0.2, 0.25) is 0 Å². The van der Waals surface area contributed by atoms with Crippen LogP contribution in [0.5, 0.6) is 0 Å². The average molecular weight is 256 g/mol. The summed E-state index contributed by atoms with van der Waals surface area (Å²) in [5.41, 5.74) is 5.09. The second-order valence-electron chi connectivity index (χ2n) is 7.15. The van der Waals surface area contributed by atoms with Gasteiger partial charge in [-0.15, -0.1) is 0 Å². The second-order valence-corrected chi connectivity index (χ2v) is 7.15. The molecule has 0 aromatic heterocycles. The highest BCUT2D eigenvalue weighted by atomic mass is 16.6. The van der Waals surface area contributed by atoms with Crippen molar-refractivity contribution in [1.29, 1.82) is 0 Å². The Morgan fingerprint density at radius 2 is 1.94 bits per heavy atom. The Kier molecular flexibility index (Phi) is 4.01. The summed E-state index contributed by atoms with van der Waals surface area (Å²) in [4.78, 5) is 11.9. The van der Waals surface area contributed by atoms with Crippen molar-refractivity contribution < 1.29 is 9.53 Å². The van der Waals surface area contributed by atoms with E-state index in [2.05, 4.69) is 26.1 Å². The Labute approximate surface area is 111 Å². The topological polar surface area (TPSA) is 64.3 Å². The van der Waals surface area contributed by atoms with Crippen molar-refractivity contribution in [1.82, 2.24) is 5.32 Å². The quantitative estimate of drug-likeness (QED) is 0.798. The van der Waals surface area contributed by atoms with Gasteiger partial charge in [0.15, 0.2) is 0 Å². The number of nitrogens with one attached hydrogen (secondary N) is 1. The summed E-state index contributed by atoms with van der Waals surface area (Å²) in [6, 6.07) is 0. The van der Waals surface area contributed by atoms with E-state index in [-0.39, 0.29) is 17.0 Å². The Morgan fingerprint density at radius 1 is 1.39 bits per heavy atom. The molecular formula is C14H28N2O2.